The molecule has 0 bridgehead atoms. The summed E-state index contributed by atoms with van der Waals surface area (Å²) in [5, 5.41) is 13.3. The van der Waals surface area contributed by atoms with Gasteiger partial charge in [0.1, 0.15) is 36.1 Å². The number of rotatable bonds is 15. The van der Waals surface area contributed by atoms with Crippen LogP contribution >= 0.6 is 35.0 Å². The van der Waals surface area contributed by atoms with Crippen LogP contribution in [0.5, 0.6) is 5.75 Å². The molecule has 6 rings (SSSR count). The highest BCUT2D eigenvalue weighted by Crippen LogP contribution is 2.66. The molecule has 54 heavy (non-hydrogen) atoms. The number of hydrogen-bond donors (Lipinski definition) is 4. The summed E-state index contributed by atoms with van der Waals surface area (Å²) >= 11 is 5.85. The molecule has 8 atom stereocenters. The normalized spacial score (nSPS) is 22.6. The van der Waals surface area contributed by atoms with Crippen LogP contribution in [0.15, 0.2) is 79.1 Å². The van der Waals surface area contributed by atoms with Crippen molar-refractivity contribution in [2.24, 2.45) is 0 Å². The van der Waals surface area contributed by atoms with Gasteiger partial charge in [0.15, 0.2) is 23.9 Å². The van der Waals surface area contributed by atoms with Gasteiger partial charge in [0.05, 0.1) is 12.9 Å². The number of imidazole rings is 1. The highest BCUT2D eigenvalue weighted by atomic mass is 35.5. The molecule has 0 saturated carbocycles. The quantitative estimate of drug-likeness (QED) is 0.0649. The minimum absolute atomic E-state index is 0.0403. The Morgan fingerprint density at radius 3 is 2.56 bits per heavy atom. The number of aromatic nitrogens is 4. The first-order chi connectivity index (χ1) is 25.5. The van der Waals surface area contributed by atoms with Crippen LogP contribution in [0.25, 0.3) is 21.9 Å². The van der Waals surface area contributed by atoms with Crippen molar-refractivity contribution in [1.82, 2.24) is 24.6 Å². The van der Waals surface area contributed by atoms with E-state index in [9.17, 15) is 33.4 Å². The number of alkyl halides is 1. The lowest BCUT2D eigenvalue weighted by Crippen LogP contribution is -2.35. The molecule has 5 aromatic rings. The van der Waals surface area contributed by atoms with Gasteiger partial charge in [-0.05, 0) is 35.5 Å². The first-order valence-corrected chi connectivity index (χ1v) is 20.5. The summed E-state index contributed by atoms with van der Waals surface area (Å²) in [6.45, 7) is -0.119. The second-order valence-corrected chi connectivity index (χ2v) is 16.8. The van der Waals surface area contributed by atoms with E-state index in [0.29, 0.717) is 16.3 Å². The van der Waals surface area contributed by atoms with Gasteiger partial charge in [0.25, 0.3) is 7.82 Å². The van der Waals surface area contributed by atoms with E-state index < -0.39 is 66.6 Å². The summed E-state index contributed by atoms with van der Waals surface area (Å²) in [4.78, 5) is 47.9. The topological polar surface area (TPSA) is 269 Å². The highest BCUT2D eigenvalue weighted by molar-refractivity contribution is 7.67. The van der Waals surface area contributed by atoms with E-state index in [4.69, 9.17) is 40.2 Å². The molecule has 1 fully saturated rings. The summed E-state index contributed by atoms with van der Waals surface area (Å²) in [5.74, 6) is -1.29. The number of phosphoric acid groups is 2. The number of carbonyl (C=O) groups is 1. The molecule has 0 amide bonds. The number of benzene rings is 3. The zero-order valence-electron chi connectivity index (χ0n) is 27.7. The fraction of sp³-hybridized carbons (Fsp3) is 0.267. The Kier molecular flexibility index (Phi) is 11.9. The molecule has 0 radical (unpaired) electrons. The monoisotopic (exact) mass is 829 g/mol. The number of nitrogens with two attached hydrogens (primary N) is 1. The fourth-order valence-corrected chi connectivity index (χ4v) is 9.76. The fourth-order valence-electron chi connectivity index (χ4n) is 5.24. The van der Waals surface area contributed by atoms with Crippen molar-refractivity contribution < 1.29 is 64.9 Å². The SMILES string of the molecule is C[C@H](NP(=O)(Oc1cccc2ccccc12)OP(=O)([O-])OP(=O)(O)OC[C@H]1O[C@@H](n2cnc3c(N)nc(Cl)nc32)C(F)[C@H]1O)C(=O)OCc1ccccc1. The minimum Gasteiger partial charge on any atom is -0.756 e. The first-order valence-electron chi connectivity index (χ1n) is 15.6. The van der Waals surface area contributed by atoms with E-state index in [0.717, 1.165) is 10.9 Å². The molecule has 2 aromatic heterocycles. The van der Waals surface area contributed by atoms with Crippen molar-refractivity contribution in [3.63, 3.8) is 0 Å². The average Bonchev–Trinajstić information content (AvgIpc) is 3.65. The molecule has 24 heteroatoms. The number of fused-ring (bicyclic) bond motifs is 2. The maximum absolute atomic E-state index is 15.2. The summed E-state index contributed by atoms with van der Waals surface area (Å²) in [7, 11) is -17.2. The van der Waals surface area contributed by atoms with Crippen LogP contribution in [0.1, 0.15) is 18.7 Å². The maximum Gasteiger partial charge on any atom is 0.478 e. The van der Waals surface area contributed by atoms with Crippen LogP contribution in [0, 0.1) is 0 Å². The molecule has 0 spiro atoms. The summed E-state index contributed by atoms with van der Waals surface area (Å²) in [5.41, 5.74) is 6.38. The molecule has 5 N–H and O–H groups in total. The lowest BCUT2D eigenvalue weighted by molar-refractivity contribution is -0.210. The average molecular weight is 830 g/mol. The van der Waals surface area contributed by atoms with Crippen molar-refractivity contribution >= 4 is 68.7 Å². The Morgan fingerprint density at radius 2 is 1.80 bits per heavy atom. The number of anilines is 1. The van der Waals surface area contributed by atoms with Crippen LogP contribution in [0.2, 0.25) is 5.28 Å². The van der Waals surface area contributed by atoms with E-state index in [-0.39, 0.29) is 34.6 Å². The second kappa shape index (κ2) is 16.1. The summed E-state index contributed by atoms with van der Waals surface area (Å²) in [6, 6.07) is 18.1. The number of carbonyl (C=O) groups excluding carboxylic acids is 1. The standard InChI is InChI=1S/C30H31ClFN6O13P3/c1-17(29(40)46-14-18-8-3-2-4-9-18)37-52(41,49-21-13-7-11-19-10-5-6-12-20(19)21)50-54(44,45)51-53(42,43)47-15-22-25(39)23(32)28(48-22)38-16-34-24-26(33)35-30(31)36-27(24)38/h2-13,16-17,22-23,25,28,39H,14-15H2,1H3,(H,37,41)(H,42,43)(H,44,45)(H2,33,35,36)/p-1/t17-,22+,23?,25-,28+,52?/m0/s1. The number of nitrogens with one attached hydrogen (secondary N) is 1. The molecule has 3 heterocycles. The number of phosphoric ester groups is 1. The van der Waals surface area contributed by atoms with Gasteiger partial charge in [-0.15, -0.1) is 0 Å². The van der Waals surface area contributed by atoms with Crippen molar-refractivity contribution in [2.45, 2.75) is 44.2 Å². The van der Waals surface area contributed by atoms with Crippen LogP contribution in [0.4, 0.5) is 10.2 Å². The van der Waals surface area contributed by atoms with Crippen molar-refractivity contribution in [3.05, 3.63) is 90.0 Å². The Hall–Kier alpha value is -3.87. The molecule has 4 unspecified atom stereocenters. The van der Waals surface area contributed by atoms with Gasteiger partial charge in [-0.1, -0.05) is 66.7 Å². The number of esters is 1. The number of ether oxygens (including phenoxy) is 2. The summed E-state index contributed by atoms with van der Waals surface area (Å²) in [6.07, 6.45) is -6.40. The number of aliphatic hydroxyl groups is 1. The third-order valence-electron chi connectivity index (χ3n) is 7.70. The lowest BCUT2D eigenvalue weighted by Gasteiger charge is -2.30. The van der Waals surface area contributed by atoms with Crippen LogP contribution < -0.4 is 20.2 Å². The number of nitrogens with zero attached hydrogens (tertiary/aromatic N) is 4. The Bertz CT molecular complexity index is 2300. The van der Waals surface area contributed by atoms with E-state index >= 15 is 4.39 Å². The zero-order valence-corrected chi connectivity index (χ0v) is 31.1. The molecule has 3 aromatic carbocycles. The maximum atomic E-state index is 15.2. The Labute approximate surface area is 309 Å². The molecule has 1 aliphatic rings. The second-order valence-electron chi connectivity index (χ2n) is 11.6. The zero-order chi connectivity index (χ0) is 38.8. The number of nitrogen functional groups attached to an aromatic ring is 1. The van der Waals surface area contributed by atoms with Gasteiger partial charge < -0.3 is 34.6 Å². The smallest absolute Gasteiger partial charge is 0.478 e. The van der Waals surface area contributed by atoms with Gasteiger partial charge in [-0.2, -0.15) is 15.1 Å². The molecule has 0 aliphatic carbocycles. The van der Waals surface area contributed by atoms with Crippen LogP contribution in [-0.4, -0.2) is 66.5 Å². The Morgan fingerprint density at radius 1 is 1.09 bits per heavy atom. The van der Waals surface area contributed by atoms with E-state index in [1.54, 1.807) is 60.7 Å². The molecular weight excluding hydrogens is 800 g/mol. The molecule has 1 saturated heterocycles. The highest BCUT2D eigenvalue weighted by Gasteiger charge is 2.47. The lowest BCUT2D eigenvalue weighted by atomic mass is 10.1. The van der Waals surface area contributed by atoms with Gasteiger partial charge >= 0.3 is 21.5 Å². The third-order valence-corrected chi connectivity index (χ3v) is 12.8. The molecule has 288 valence electrons. The predicted molar refractivity (Wildman–Crippen MR) is 186 cm³/mol. The van der Waals surface area contributed by atoms with Crippen molar-refractivity contribution in [1.29, 1.82) is 0 Å². The molecule has 1 aliphatic heterocycles. The first kappa shape index (κ1) is 39.8. The van der Waals surface area contributed by atoms with E-state index in [2.05, 4.69) is 24.3 Å². The summed E-state index contributed by atoms with van der Waals surface area (Å²) < 4.78 is 86.2. The largest absolute Gasteiger partial charge is 0.756 e. The number of hydrogen-bond acceptors (Lipinski definition) is 16. The van der Waals surface area contributed by atoms with Crippen LogP contribution in [0.3, 0.4) is 0 Å². The number of aliphatic hydroxyl groups excluding tert-OH is 1. The van der Waals surface area contributed by atoms with E-state index in [1.807, 2.05) is 0 Å². The van der Waals surface area contributed by atoms with Gasteiger partial charge in [-0.3, -0.25) is 18.5 Å². The third kappa shape index (κ3) is 9.32. The molecular formula is C30H30ClFN6O13P3-. The predicted octanol–water partition coefficient (Wildman–Crippen LogP) is 4.34. The van der Waals surface area contributed by atoms with Gasteiger partial charge in [0, 0.05) is 5.39 Å². The van der Waals surface area contributed by atoms with Gasteiger partial charge in [-0.25, -0.2) is 27.1 Å². The molecule has 19 nitrogen and oxygen atoms in total. The van der Waals surface area contributed by atoms with Crippen LogP contribution in [-0.2, 0) is 47.7 Å². The van der Waals surface area contributed by atoms with E-state index in [1.165, 1.54) is 19.1 Å². The van der Waals surface area contributed by atoms with Gasteiger partial charge in [0.2, 0.25) is 5.28 Å². The number of halogens is 2. The Balaban J connectivity index is 1.15. The minimum atomic E-state index is -6.18. The van der Waals surface area contributed by atoms with Crippen molar-refractivity contribution in [3.8, 4) is 5.75 Å². The van der Waals surface area contributed by atoms with Crippen molar-refractivity contribution in [2.75, 3.05) is 12.3 Å².